The molecule has 0 bridgehead atoms. The van der Waals surface area contributed by atoms with Crippen molar-refractivity contribution in [2.24, 2.45) is 0 Å². The number of benzene rings is 1. The van der Waals surface area contributed by atoms with E-state index < -0.39 is 0 Å². The number of terminal acetylenes is 1. The molecule has 0 heterocycles. The molecule has 0 fully saturated rings. The van der Waals surface area contributed by atoms with E-state index in [1.54, 1.807) is 19.2 Å². The maximum absolute atomic E-state index is 11.6. The molecule has 0 aromatic heterocycles. The second kappa shape index (κ2) is 5.21. The van der Waals surface area contributed by atoms with Crippen LogP contribution in [0.2, 0.25) is 0 Å². The first-order valence-electron chi connectivity index (χ1n) is 4.80. The van der Waals surface area contributed by atoms with Crippen molar-refractivity contribution < 1.29 is 9.53 Å². The first-order chi connectivity index (χ1) is 7.19. The second-order valence-electron chi connectivity index (χ2n) is 3.31. The summed E-state index contributed by atoms with van der Waals surface area (Å²) in [6, 6.07) is 5.44. The van der Waals surface area contributed by atoms with Gasteiger partial charge in [0.15, 0.2) is 5.78 Å². The van der Waals surface area contributed by atoms with Crippen molar-refractivity contribution in [2.45, 2.75) is 19.8 Å². The summed E-state index contributed by atoms with van der Waals surface area (Å²) in [5.41, 5.74) is 1.68. The van der Waals surface area contributed by atoms with E-state index in [0.717, 1.165) is 11.3 Å². The highest BCUT2D eigenvalue weighted by atomic mass is 16.5. The van der Waals surface area contributed by atoms with Crippen LogP contribution in [-0.4, -0.2) is 12.9 Å². The van der Waals surface area contributed by atoms with E-state index >= 15 is 0 Å². The summed E-state index contributed by atoms with van der Waals surface area (Å²) in [4.78, 5) is 11.6. The first kappa shape index (κ1) is 11.3. The molecule has 2 nitrogen and oxygen atoms in total. The number of Topliss-reactive ketones (excluding diaryl/α,β-unsaturated/α-hetero) is 1. The van der Waals surface area contributed by atoms with Gasteiger partial charge in [-0.3, -0.25) is 4.79 Å². The Hall–Kier alpha value is -1.75. The average molecular weight is 202 g/mol. The molecule has 0 saturated carbocycles. The third-order valence-electron chi connectivity index (χ3n) is 2.23. The Balaban J connectivity index is 2.87. The van der Waals surface area contributed by atoms with Crippen molar-refractivity contribution in [3.8, 4) is 18.1 Å². The molecule has 0 radical (unpaired) electrons. The highest BCUT2D eigenvalue weighted by molar-refractivity contribution is 5.96. The lowest BCUT2D eigenvalue weighted by Crippen LogP contribution is -1.99. The minimum absolute atomic E-state index is 0.0613. The van der Waals surface area contributed by atoms with Crippen molar-refractivity contribution in [3.63, 3.8) is 0 Å². The fraction of sp³-hybridized carbons (Fsp3) is 0.308. The number of hydrogen-bond donors (Lipinski definition) is 0. The topological polar surface area (TPSA) is 26.3 Å². The molecule has 1 aromatic carbocycles. The zero-order valence-electron chi connectivity index (χ0n) is 9.04. The molecule has 1 aromatic rings. The summed E-state index contributed by atoms with van der Waals surface area (Å²) in [5.74, 6) is 3.26. The molecule has 0 N–H and O–H groups in total. The summed E-state index contributed by atoms with van der Waals surface area (Å²) >= 11 is 0. The highest BCUT2D eigenvalue weighted by Gasteiger charge is 2.07. The van der Waals surface area contributed by atoms with Gasteiger partial charge in [0.2, 0.25) is 0 Å². The normalized spacial score (nSPS) is 9.40. The van der Waals surface area contributed by atoms with Crippen molar-refractivity contribution >= 4 is 5.78 Å². The Kier molecular flexibility index (Phi) is 3.93. The minimum Gasteiger partial charge on any atom is -0.496 e. The van der Waals surface area contributed by atoms with E-state index in [0.29, 0.717) is 18.4 Å². The van der Waals surface area contributed by atoms with Gasteiger partial charge in [0.1, 0.15) is 5.75 Å². The Morgan fingerprint density at radius 2 is 2.27 bits per heavy atom. The van der Waals surface area contributed by atoms with Gasteiger partial charge in [0, 0.05) is 18.4 Å². The Labute approximate surface area is 90.3 Å². The number of ketones is 1. The molecule has 0 aliphatic carbocycles. The lowest BCUT2D eigenvalue weighted by atomic mass is 10.0. The molecular formula is C13H14O2. The lowest BCUT2D eigenvalue weighted by Gasteiger charge is -2.06. The van der Waals surface area contributed by atoms with Crippen LogP contribution in [0.5, 0.6) is 5.75 Å². The Bertz CT molecular complexity index is 399. The summed E-state index contributed by atoms with van der Waals surface area (Å²) in [6.45, 7) is 1.94. The zero-order chi connectivity index (χ0) is 11.3. The van der Waals surface area contributed by atoms with Gasteiger partial charge in [-0.15, -0.1) is 12.3 Å². The van der Waals surface area contributed by atoms with Crippen LogP contribution in [0.1, 0.15) is 28.8 Å². The molecular weight excluding hydrogens is 188 g/mol. The van der Waals surface area contributed by atoms with Crippen LogP contribution in [0.4, 0.5) is 0 Å². The van der Waals surface area contributed by atoms with E-state index in [1.165, 1.54) is 0 Å². The summed E-state index contributed by atoms with van der Waals surface area (Å²) in [5, 5.41) is 0. The van der Waals surface area contributed by atoms with E-state index in [4.69, 9.17) is 11.2 Å². The molecule has 0 unspecified atom stereocenters. The molecule has 0 atom stereocenters. The summed E-state index contributed by atoms with van der Waals surface area (Å²) < 4.78 is 5.15. The molecule has 2 heteroatoms. The number of aryl methyl sites for hydroxylation is 1. The molecule has 0 spiro atoms. The van der Waals surface area contributed by atoms with Crippen LogP contribution in [0.15, 0.2) is 18.2 Å². The summed E-state index contributed by atoms with van der Waals surface area (Å²) in [6.07, 6.45) is 5.98. The van der Waals surface area contributed by atoms with Gasteiger partial charge in [-0.05, 0) is 18.6 Å². The SMILES string of the molecule is C#CCCC(=O)c1ccc(C)c(OC)c1. The van der Waals surface area contributed by atoms with Crippen LogP contribution < -0.4 is 4.74 Å². The maximum atomic E-state index is 11.6. The standard InChI is InChI=1S/C13H14O2/c1-4-5-6-12(14)11-8-7-10(2)13(9-11)15-3/h1,7-9H,5-6H2,2-3H3. The van der Waals surface area contributed by atoms with Gasteiger partial charge in [-0.1, -0.05) is 12.1 Å². The maximum Gasteiger partial charge on any atom is 0.163 e. The molecule has 0 aliphatic heterocycles. The van der Waals surface area contributed by atoms with E-state index in [2.05, 4.69) is 5.92 Å². The van der Waals surface area contributed by atoms with E-state index in [9.17, 15) is 4.79 Å². The zero-order valence-corrected chi connectivity index (χ0v) is 9.04. The number of hydrogen-bond acceptors (Lipinski definition) is 2. The molecule has 0 aliphatic rings. The largest absolute Gasteiger partial charge is 0.496 e. The Morgan fingerprint density at radius 1 is 1.53 bits per heavy atom. The van der Waals surface area contributed by atoms with Gasteiger partial charge >= 0.3 is 0 Å². The van der Waals surface area contributed by atoms with Crippen molar-refractivity contribution in [3.05, 3.63) is 29.3 Å². The summed E-state index contributed by atoms with van der Waals surface area (Å²) in [7, 11) is 1.60. The smallest absolute Gasteiger partial charge is 0.163 e. The second-order valence-corrected chi connectivity index (χ2v) is 3.31. The quantitative estimate of drug-likeness (QED) is 0.554. The number of ether oxygens (including phenoxy) is 1. The van der Waals surface area contributed by atoms with Crippen LogP contribution in [-0.2, 0) is 0 Å². The predicted molar refractivity (Wildman–Crippen MR) is 60.1 cm³/mol. The molecule has 0 saturated heterocycles. The third kappa shape index (κ3) is 2.85. The van der Waals surface area contributed by atoms with Gasteiger partial charge in [0.05, 0.1) is 7.11 Å². The molecule has 78 valence electrons. The van der Waals surface area contributed by atoms with E-state index in [1.807, 2.05) is 13.0 Å². The number of rotatable bonds is 4. The van der Waals surface area contributed by atoms with Gasteiger partial charge < -0.3 is 4.74 Å². The predicted octanol–water partition coefficient (Wildman–Crippen LogP) is 2.60. The monoisotopic (exact) mass is 202 g/mol. The van der Waals surface area contributed by atoms with E-state index in [-0.39, 0.29) is 5.78 Å². The number of carbonyl (C=O) groups is 1. The van der Waals surface area contributed by atoms with Crippen LogP contribution in [0, 0.1) is 19.3 Å². The van der Waals surface area contributed by atoms with Gasteiger partial charge in [-0.25, -0.2) is 0 Å². The van der Waals surface area contributed by atoms with Crippen molar-refractivity contribution in [1.29, 1.82) is 0 Å². The van der Waals surface area contributed by atoms with Crippen LogP contribution in [0.3, 0.4) is 0 Å². The number of methoxy groups -OCH3 is 1. The van der Waals surface area contributed by atoms with Crippen molar-refractivity contribution in [2.75, 3.05) is 7.11 Å². The first-order valence-corrected chi connectivity index (χ1v) is 4.80. The fourth-order valence-corrected chi connectivity index (χ4v) is 1.32. The molecule has 1 rings (SSSR count). The Morgan fingerprint density at radius 3 is 2.87 bits per heavy atom. The lowest BCUT2D eigenvalue weighted by molar-refractivity contribution is 0.0984. The van der Waals surface area contributed by atoms with Gasteiger partial charge in [-0.2, -0.15) is 0 Å². The van der Waals surface area contributed by atoms with Crippen LogP contribution in [0.25, 0.3) is 0 Å². The highest BCUT2D eigenvalue weighted by Crippen LogP contribution is 2.20. The fourth-order valence-electron chi connectivity index (χ4n) is 1.32. The third-order valence-corrected chi connectivity index (χ3v) is 2.23. The number of carbonyl (C=O) groups excluding carboxylic acids is 1. The molecule has 15 heavy (non-hydrogen) atoms. The van der Waals surface area contributed by atoms with Gasteiger partial charge in [0.25, 0.3) is 0 Å². The van der Waals surface area contributed by atoms with Crippen LogP contribution >= 0.6 is 0 Å². The average Bonchev–Trinajstić information content (AvgIpc) is 2.26. The van der Waals surface area contributed by atoms with Crippen molar-refractivity contribution in [1.82, 2.24) is 0 Å². The minimum atomic E-state index is 0.0613. The molecule has 0 amide bonds.